The molecule has 18 heavy (non-hydrogen) atoms. The molecule has 2 atom stereocenters. The topological polar surface area (TPSA) is 15.3 Å². The van der Waals surface area contributed by atoms with E-state index >= 15 is 0 Å². The fraction of sp³-hybridized carbons (Fsp3) is 1.00. The zero-order valence-corrected chi connectivity index (χ0v) is 12.6. The lowest BCUT2D eigenvalue weighted by Crippen LogP contribution is -2.50. The van der Waals surface area contributed by atoms with Gasteiger partial charge in [-0.25, -0.2) is 0 Å². The molecule has 0 aromatic carbocycles. The quantitative estimate of drug-likeness (QED) is 0.749. The lowest BCUT2D eigenvalue weighted by atomic mass is 9.90. The Morgan fingerprint density at radius 3 is 2.56 bits per heavy atom. The van der Waals surface area contributed by atoms with E-state index in [2.05, 4.69) is 31.0 Å². The zero-order valence-electron chi connectivity index (χ0n) is 12.6. The Morgan fingerprint density at radius 1 is 1.17 bits per heavy atom. The Hall–Kier alpha value is -0.0800. The molecule has 1 aliphatic heterocycles. The third kappa shape index (κ3) is 4.89. The summed E-state index contributed by atoms with van der Waals surface area (Å²) in [6, 6.07) is 0.759. The van der Waals surface area contributed by atoms with Crippen LogP contribution >= 0.6 is 0 Å². The molecule has 2 heteroatoms. The van der Waals surface area contributed by atoms with Crippen LogP contribution in [0.25, 0.3) is 0 Å². The molecular weight excluding hydrogens is 220 g/mol. The minimum absolute atomic E-state index is 0.759. The van der Waals surface area contributed by atoms with Crippen LogP contribution in [0.3, 0.4) is 0 Å². The largest absolute Gasteiger partial charge is 0.312 e. The number of rotatable bonds is 7. The van der Waals surface area contributed by atoms with E-state index in [1.165, 1.54) is 58.3 Å². The van der Waals surface area contributed by atoms with E-state index in [-0.39, 0.29) is 0 Å². The first kappa shape index (κ1) is 14.3. The average Bonchev–Trinajstić information content (AvgIpc) is 3.09. The van der Waals surface area contributed by atoms with Gasteiger partial charge in [-0.1, -0.05) is 27.2 Å². The summed E-state index contributed by atoms with van der Waals surface area (Å²) in [6.07, 6.45) is 7.10. The van der Waals surface area contributed by atoms with E-state index in [0.29, 0.717) is 0 Å². The van der Waals surface area contributed by atoms with E-state index in [0.717, 1.165) is 23.8 Å². The van der Waals surface area contributed by atoms with Crippen molar-refractivity contribution < 1.29 is 0 Å². The molecule has 0 aromatic rings. The summed E-state index contributed by atoms with van der Waals surface area (Å²) in [7, 11) is 0. The second kappa shape index (κ2) is 6.91. The monoisotopic (exact) mass is 252 g/mol. The normalized spacial score (nSPS) is 30.0. The Morgan fingerprint density at radius 2 is 1.94 bits per heavy atom. The Balaban J connectivity index is 1.79. The summed E-state index contributed by atoms with van der Waals surface area (Å²) >= 11 is 0. The molecule has 0 radical (unpaired) electrons. The molecule has 1 saturated heterocycles. The van der Waals surface area contributed by atoms with Crippen LogP contribution in [0.4, 0.5) is 0 Å². The molecule has 2 aliphatic rings. The number of piperidine rings is 1. The molecule has 1 N–H and O–H groups in total. The molecule has 2 unspecified atom stereocenters. The molecule has 0 bridgehead atoms. The van der Waals surface area contributed by atoms with Crippen LogP contribution in [0.1, 0.15) is 52.9 Å². The lowest BCUT2D eigenvalue weighted by Gasteiger charge is -2.39. The van der Waals surface area contributed by atoms with Gasteiger partial charge in [-0.3, -0.25) is 0 Å². The predicted octanol–water partition coefficient (Wildman–Crippen LogP) is 3.13. The molecule has 1 aliphatic carbocycles. The molecule has 0 spiro atoms. The van der Waals surface area contributed by atoms with Crippen LogP contribution in [0, 0.1) is 17.8 Å². The summed E-state index contributed by atoms with van der Waals surface area (Å²) in [6.45, 7) is 12.2. The van der Waals surface area contributed by atoms with E-state index in [1.807, 2.05) is 0 Å². The van der Waals surface area contributed by atoms with Gasteiger partial charge in [-0.15, -0.1) is 0 Å². The fourth-order valence-corrected chi connectivity index (χ4v) is 3.39. The number of nitrogens with one attached hydrogen (secondary N) is 1. The van der Waals surface area contributed by atoms with Crippen LogP contribution < -0.4 is 5.32 Å². The molecular formula is C16H32N2. The van der Waals surface area contributed by atoms with E-state index in [4.69, 9.17) is 0 Å². The van der Waals surface area contributed by atoms with Crippen molar-refractivity contribution in [1.29, 1.82) is 0 Å². The molecule has 1 saturated carbocycles. The van der Waals surface area contributed by atoms with Gasteiger partial charge >= 0.3 is 0 Å². The predicted molar refractivity (Wildman–Crippen MR) is 78.8 cm³/mol. The Bertz CT molecular complexity index is 235. The smallest absolute Gasteiger partial charge is 0.0198 e. The second-order valence-electron chi connectivity index (χ2n) is 7.05. The van der Waals surface area contributed by atoms with Crippen molar-refractivity contribution in [3.63, 3.8) is 0 Å². The minimum atomic E-state index is 0.759. The van der Waals surface area contributed by atoms with Crippen LogP contribution in [-0.2, 0) is 0 Å². The van der Waals surface area contributed by atoms with Crippen LogP contribution in [0.5, 0.6) is 0 Å². The third-order valence-electron chi connectivity index (χ3n) is 4.33. The molecule has 2 rings (SSSR count). The van der Waals surface area contributed by atoms with Crippen LogP contribution in [0.2, 0.25) is 0 Å². The fourth-order valence-electron chi connectivity index (χ4n) is 3.39. The van der Waals surface area contributed by atoms with Gasteiger partial charge in [-0.05, 0) is 50.0 Å². The molecule has 2 nitrogen and oxygen atoms in total. The van der Waals surface area contributed by atoms with E-state index < -0.39 is 0 Å². The van der Waals surface area contributed by atoms with Crippen LogP contribution in [-0.4, -0.2) is 37.1 Å². The van der Waals surface area contributed by atoms with Crippen molar-refractivity contribution >= 4 is 0 Å². The van der Waals surface area contributed by atoms with Crippen molar-refractivity contribution in [2.24, 2.45) is 17.8 Å². The van der Waals surface area contributed by atoms with Crippen molar-refractivity contribution in [2.75, 3.05) is 26.2 Å². The highest BCUT2D eigenvalue weighted by atomic mass is 15.2. The summed E-state index contributed by atoms with van der Waals surface area (Å²) in [5.74, 6) is 2.74. The highest BCUT2D eigenvalue weighted by Crippen LogP contribution is 2.28. The van der Waals surface area contributed by atoms with E-state index in [9.17, 15) is 0 Å². The summed E-state index contributed by atoms with van der Waals surface area (Å²) < 4.78 is 0. The van der Waals surface area contributed by atoms with Crippen LogP contribution in [0.15, 0.2) is 0 Å². The average molecular weight is 252 g/mol. The van der Waals surface area contributed by atoms with Gasteiger partial charge in [0.15, 0.2) is 0 Å². The van der Waals surface area contributed by atoms with Gasteiger partial charge < -0.3 is 10.2 Å². The Labute approximate surface area is 114 Å². The second-order valence-corrected chi connectivity index (χ2v) is 7.05. The maximum Gasteiger partial charge on any atom is 0.0198 e. The maximum absolute atomic E-state index is 3.83. The number of likely N-dealkylation sites (tertiary alicyclic amines) is 1. The molecule has 2 fully saturated rings. The van der Waals surface area contributed by atoms with Crippen molar-refractivity contribution in [2.45, 2.75) is 58.9 Å². The van der Waals surface area contributed by atoms with Gasteiger partial charge in [-0.2, -0.15) is 0 Å². The standard InChI is InChI=1S/C16H32N2/c1-4-5-15-8-16(17-9-14-6-7-14)12-18(11-15)10-13(2)3/h13-17H,4-12H2,1-3H3. The molecule has 1 heterocycles. The highest BCUT2D eigenvalue weighted by molar-refractivity contribution is 4.86. The first-order valence-corrected chi connectivity index (χ1v) is 8.13. The number of hydrogen-bond donors (Lipinski definition) is 1. The van der Waals surface area contributed by atoms with Crippen molar-refractivity contribution in [3.05, 3.63) is 0 Å². The van der Waals surface area contributed by atoms with Gasteiger partial charge in [0.05, 0.1) is 0 Å². The molecule has 106 valence electrons. The first-order chi connectivity index (χ1) is 8.67. The van der Waals surface area contributed by atoms with Gasteiger partial charge in [0.25, 0.3) is 0 Å². The third-order valence-corrected chi connectivity index (χ3v) is 4.33. The van der Waals surface area contributed by atoms with E-state index in [1.54, 1.807) is 0 Å². The van der Waals surface area contributed by atoms with Gasteiger partial charge in [0, 0.05) is 25.7 Å². The minimum Gasteiger partial charge on any atom is -0.312 e. The summed E-state index contributed by atoms with van der Waals surface area (Å²) in [5.41, 5.74) is 0. The maximum atomic E-state index is 3.83. The molecule has 0 aromatic heterocycles. The Kier molecular flexibility index (Phi) is 5.50. The highest BCUT2D eigenvalue weighted by Gasteiger charge is 2.28. The number of nitrogens with zero attached hydrogens (tertiary/aromatic N) is 1. The summed E-state index contributed by atoms with van der Waals surface area (Å²) in [5, 5.41) is 3.83. The van der Waals surface area contributed by atoms with Crippen molar-refractivity contribution in [1.82, 2.24) is 10.2 Å². The first-order valence-electron chi connectivity index (χ1n) is 8.13. The van der Waals surface area contributed by atoms with Gasteiger partial charge in [0.2, 0.25) is 0 Å². The zero-order chi connectivity index (χ0) is 13.0. The number of hydrogen-bond acceptors (Lipinski definition) is 2. The summed E-state index contributed by atoms with van der Waals surface area (Å²) in [4.78, 5) is 2.71. The SMILES string of the molecule is CCCC1CC(NCC2CC2)CN(CC(C)C)C1. The van der Waals surface area contributed by atoms with Gasteiger partial charge in [0.1, 0.15) is 0 Å². The van der Waals surface area contributed by atoms with Crippen molar-refractivity contribution in [3.8, 4) is 0 Å². The molecule has 0 amide bonds. The lowest BCUT2D eigenvalue weighted by molar-refractivity contribution is 0.123.